The summed E-state index contributed by atoms with van der Waals surface area (Å²) in [5.41, 5.74) is 3.99. The van der Waals surface area contributed by atoms with Gasteiger partial charge in [-0.05, 0) is 69.8 Å². The summed E-state index contributed by atoms with van der Waals surface area (Å²) >= 11 is 0. The van der Waals surface area contributed by atoms with Crippen LogP contribution >= 0.6 is 0 Å². The fourth-order valence-electron chi connectivity index (χ4n) is 3.65. The van der Waals surface area contributed by atoms with E-state index in [1.165, 1.54) is 37.9 Å². The van der Waals surface area contributed by atoms with Crippen molar-refractivity contribution >= 4 is 22.9 Å². The van der Waals surface area contributed by atoms with Crippen LogP contribution in [0.4, 0.5) is 0 Å². The molecule has 3 aromatic rings. The summed E-state index contributed by atoms with van der Waals surface area (Å²) in [6.07, 6.45) is 7.04. The average Bonchev–Trinajstić information content (AvgIpc) is 2.63. The number of fused-ring (bicyclic) bond motifs is 2. The first-order valence-electron chi connectivity index (χ1n) is 8.15. The van der Waals surface area contributed by atoms with Crippen molar-refractivity contribution in [2.75, 3.05) is 7.11 Å². The summed E-state index contributed by atoms with van der Waals surface area (Å²) in [6.45, 7) is 2.24. The van der Waals surface area contributed by atoms with Gasteiger partial charge < -0.3 is 4.74 Å². The Morgan fingerprint density at radius 1 is 0.783 bits per heavy atom. The number of methoxy groups -OCH3 is 1. The third-order valence-corrected chi connectivity index (χ3v) is 4.81. The second-order valence-electron chi connectivity index (χ2n) is 6.09. The van der Waals surface area contributed by atoms with Gasteiger partial charge in [0.2, 0.25) is 0 Å². The molecule has 4 rings (SSSR count). The summed E-state index contributed by atoms with van der Waals surface area (Å²) in [4.78, 5) is 0. The van der Waals surface area contributed by atoms with Crippen LogP contribution < -0.4 is 15.2 Å². The van der Waals surface area contributed by atoms with Gasteiger partial charge in [-0.15, -0.1) is 0 Å². The maximum Gasteiger partial charge on any atom is 0.118 e. The Morgan fingerprint density at radius 3 is 2.13 bits per heavy atom. The van der Waals surface area contributed by atoms with Gasteiger partial charge in [-0.3, -0.25) is 0 Å². The third kappa shape index (κ3) is 2.24. The Bertz CT molecular complexity index is 995. The Balaban J connectivity index is 2.15. The van der Waals surface area contributed by atoms with Gasteiger partial charge in [-0.2, -0.15) is 0 Å². The van der Waals surface area contributed by atoms with Crippen molar-refractivity contribution in [2.45, 2.75) is 19.8 Å². The Hall–Kier alpha value is -2.54. The number of ether oxygens (including phenoxy) is 1. The van der Waals surface area contributed by atoms with Gasteiger partial charge >= 0.3 is 0 Å². The predicted molar refractivity (Wildman–Crippen MR) is 98.1 cm³/mol. The molecular weight excluding hydrogens is 280 g/mol. The van der Waals surface area contributed by atoms with E-state index in [0.29, 0.717) is 0 Å². The molecule has 1 aliphatic carbocycles. The maximum atomic E-state index is 5.31. The first-order chi connectivity index (χ1) is 11.3. The minimum Gasteiger partial charge on any atom is -0.497 e. The lowest BCUT2D eigenvalue weighted by molar-refractivity contribution is 0.415. The van der Waals surface area contributed by atoms with Crippen molar-refractivity contribution in [1.82, 2.24) is 0 Å². The molecule has 3 aromatic carbocycles. The summed E-state index contributed by atoms with van der Waals surface area (Å²) < 4.78 is 5.31. The van der Waals surface area contributed by atoms with Crippen molar-refractivity contribution in [1.29, 1.82) is 0 Å². The van der Waals surface area contributed by atoms with Crippen LogP contribution in [0.15, 0.2) is 48.5 Å². The zero-order valence-corrected chi connectivity index (χ0v) is 13.6. The SMILES string of the molecule is COc1ccc(-c2c3c(c(C)c4ccccc24)=CCCC=3)cc1. The molecule has 0 saturated carbocycles. The standard InChI is InChI=1S/C22H20O/c1-15-18-7-3-5-9-20(18)22(21-10-6-4-8-19(15)21)16-11-13-17(23-2)14-12-16/h3,5,7-14H,4,6H2,1-2H3. The third-order valence-electron chi connectivity index (χ3n) is 4.81. The number of rotatable bonds is 2. The molecule has 0 heterocycles. The lowest BCUT2D eigenvalue weighted by Gasteiger charge is -2.15. The molecule has 23 heavy (non-hydrogen) atoms. The van der Waals surface area contributed by atoms with E-state index in [1.807, 2.05) is 12.1 Å². The van der Waals surface area contributed by atoms with E-state index in [-0.39, 0.29) is 0 Å². The van der Waals surface area contributed by atoms with E-state index < -0.39 is 0 Å². The van der Waals surface area contributed by atoms with Gasteiger partial charge in [-0.25, -0.2) is 0 Å². The second-order valence-corrected chi connectivity index (χ2v) is 6.09. The molecule has 0 saturated heterocycles. The molecule has 0 unspecified atom stereocenters. The van der Waals surface area contributed by atoms with Gasteiger partial charge in [0.1, 0.15) is 5.75 Å². The average molecular weight is 300 g/mol. The molecule has 1 aliphatic rings. The molecule has 0 N–H and O–H groups in total. The highest BCUT2D eigenvalue weighted by molar-refractivity contribution is 5.99. The minimum atomic E-state index is 0.898. The van der Waals surface area contributed by atoms with Crippen LogP contribution in [-0.2, 0) is 0 Å². The van der Waals surface area contributed by atoms with Crippen LogP contribution in [0.2, 0.25) is 0 Å². The molecule has 0 bridgehead atoms. The van der Waals surface area contributed by atoms with Crippen molar-refractivity contribution < 1.29 is 4.74 Å². The quantitative estimate of drug-likeness (QED) is 0.690. The fourth-order valence-corrected chi connectivity index (χ4v) is 3.65. The number of aryl methyl sites for hydroxylation is 1. The van der Waals surface area contributed by atoms with Gasteiger partial charge in [0.05, 0.1) is 7.11 Å². The van der Waals surface area contributed by atoms with Crippen molar-refractivity contribution in [3.05, 3.63) is 64.5 Å². The van der Waals surface area contributed by atoms with Crippen molar-refractivity contribution in [3.8, 4) is 16.9 Å². The first-order valence-corrected chi connectivity index (χ1v) is 8.15. The number of benzene rings is 3. The van der Waals surface area contributed by atoms with Gasteiger partial charge in [0.25, 0.3) is 0 Å². The van der Waals surface area contributed by atoms with Gasteiger partial charge in [0.15, 0.2) is 0 Å². The van der Waals surface area contributed by atoms with E-state index >= 15 is 0 Å². The summed E-state index contributed by atoms with van der Waals surface area (Å²) in [6, 6.07) is 17.2. The van der Waals surface area contributed by atoms with Gasteiger partial charge in [-0.1, -0.05) is 48.6 Å². The van der Waals surface area contributed by atoms with Crippen LogP contribution in [0, 0.1) is 6.92 Å². The highest BCUT2D eigenvalue weighted by Crippen LogP contribution is 2.28. The molecule has 0 radical (unpaired) electrons. The summed E-state index contributed by atoms with van der Waals surface area (Å²) in [7, 11) is 1.71. The van der Waals surface area contributed by atoms with E-state index in [4.69, 9.17) is 4.74 Å². The summed E-state index contributed by atoms with van der Waals surface area (Å²) in [5, 5.41) is 5.47. The Kier molecular flexibility index (Phi) is 3.42. The first kappa shape index (κ1) is 14.1. The lowest BCUT2D eigenvalue weighted by Crippen LogP contribution is -2.31. The number of hydrogen-bond donors (Lipinski definition) is 0. The second kappa shape index (κ2) is 5.58. The number of hydrogen-bond acceptors (Lipinski definition) is 1. The largest absolute Gasteiger partial charge is 0.497 e. The molecule has 1 nitrogen and oxygen atoms in total. The molecule has 0 atom stereocenters. The van der Waals surface area contributed by atoms with Gasteiger partial charge in [0, 0.05) is 0 Å². The van der Waals surface area contributed by atoms with Crippen LogP contribution in [-0.4, -0.2) is 7.11 Å². The molecule has 0 aromatic heterocycles. The highest BCUT2D eigenvalue weighted by atomic mass is 16.5. The zero-order valence-electron chi connectivity index (χ0n) is 13.6. The predicted octanol–water partition coefficient (Wildman–Crippen LogP) is 4.18. The highest BCUT2D eigenvalue weighted by Gasteiger charge is 2.12. The monoisotopic (exact) mass is 300 g/mol. The van der Waals surface area contributed by atoms with Crippen LogP contribution in [0.25, 0.3) is 34.1 Å². The fraction of sp³-hybridized carbons (Fsp3) is 0.182. The van der Waals surface area contributed by atoms with Crippen LogP contribution in [0.5, 0.6) is 5.75 Å². The smallest absolute Gasteiger partial charge is 0.118 e. The molecule has 114 valence electrons. The topological polar surface area (TPSA) is 9.23 Å². The summed E-state index contributed by atoms with van der Waals surface area (Å²) in [5.74, 6) is 0.898. The minimum absolute atomic E-state index is 0.898. The molecule has 0 fully saturated rings. The maximum absolute atomic E-state index is 5.31. The van der Waals surface area contributed by atoms with E-state index in [1.54, 1.807) is 7.11 Å². The Labute approximate surface area is 136 Å². The lowest BCUT2D eigenvalue weighted by atomic mass is 9.89. The van der Waals surface area contributed by atoms with E-state index in [9.17, 15) is 0 Å². The molecular formula is C22H20O. The van der Waals surface area contributed by atoms with Crippen molar-refractivity contribution in [3.63, 3.8) is 0 Å². The normalized spacial score (nSPS) is 13.1. The van der Waals surface area contributed by atoms with E-state index in [0.717, 1.165) is 18.6 Å². The zero-order chi connectivity index (χ0) is 15.8. The Morgan fingerprint density at radius 2 is 1.43 bits per heavy atom. The van der Waals surface area contributed by atoms with E-state index in [2.05, 4.69) is 55.5 Å². The van der Waals surface area contributed by atoms with Crippen molar-refractivity contribution in [2.24, 2.45) is 0 Å². The molecule has 1 heteroatoms. The molecule has 0 aliphatic heterocycles. The molecule has 0 amide bonds. The van der Waals surface area contributed by atoms with Crippen LogP contribution in [0.3, 0.4) is 0 Å². The van der Waals surface area contributed by atoms with Crippen LogP contribution in [0.1, 0.15) is 18.4 Å². The molecule has 0 spiro atoms.